The average Bonchev–Trinajstić information content (AvgIpc) is 3.34. The third-order valence-corrected chi connectivity index (χ3v) is 4.88. The van der Waals surface area contributed by atoms with E-state index in [2.05, 4.69) is 20.4 Å². The lowest BCUT2D eigenvalue weighted by Crippen LogP contribution is -2.25. The Balaban J connectivity index is 1.54. The van der Waals surface area contributed by atoms with E-state index in [1.807, 2.05) is 48.0 Å². The topological polar surface area (TPSA) is 77.6 Å². The molecule has 1 aromatic carbocycles. The summed E-state index contributed by atoms with van der Waals surface area (Å²) in [6.45, 7) is 3.18. The number of aromatic nitrogens is 5. The number of nitrogens with zero attached hydrogens (tertiary/aromatic N) is 5. The van der Waals surface area contributed by atoms with E-state index in [9.17, 15) is 4.79 Å². The first-order valence-electron chi connectivity index (χ1n) is 8.98. The smallest absolute Gasteiger partial charge is 0.254 e. The predicted octanol–water partition coefficient (Wildman–Crippen LogP) is 3.40. The standard InChI is InChI=1S/C20H19ClN6O/c1-14-17-18(21)16(20(28)23-8-5-10-26-11-9-22-13-26)12-24-19(17)27(25-14)15-6-3-2-4-7-15/h2-4,6-7,9,11-13H,5,8,10H2,1H3,(H,23,28). The van der Waals surface area contributed by atoms with Crippen LogP contribution in [0.15, 0.2) is 55.2 Å². The van der Waals surface area contributed by atoms with Crippen molar-refractivity contribution in [2.75, 3.05) is 6.54 Å². The molecule has 1 amide bonds. The minimum Gasteiger partial charge on any atom is -0.352 e. The van der Waals surface area contributed by atoms with Crippen LogP contribution in [0.5, 0.6) is 0 Å². The Hall–Kier alpha value is -3.19. The van der Waals surface area contributed by atoms with E-state index in [1.54, 1.807) is 17.2 Å². The maximum atomic E-state index is 12.6. The summed E-state index contributed by atoms with van der Waals surface area (Å²) < 4.78 is 3.71. The second-order valence-electron chi connectivity index (χ2n) is 6.43. The number of fused-ring (bicyclic) bond motifs is 1. The quantitative estimate of drug-likeness (QED) is 0.508. The molecule has 1 N–H and O–H groups in total. The van der Waals surface area contributed by atoms with Crippen LogP contribution in [0.3, 0.4) is 0 Å². The molecule has 4 rings (SSSR count). The van der Waals surface area contributed by atoms with E-state index in [0.29, 0.717) is 28.2 Å². The van der Waals surface area contributed by atoms with E-state index in [4.69, 9.17) is 11.6 Å². The number of benzene rings is 1. The van der Waals surface area contributed by atoms with Gasteiger partial charge in [0.2, 0.25) is 0 Å². The zero-order chi connectivity index (χ0) is 19.5. The third kappa shape index (κ3) is 3.48. The molecule has 0 spiro atoms. The van der Waals surface area contributed by atoms with Gasteiger partial charge in [-0.3, -0.25) is 4.79 Å². The minimum absolute atomic E-state index is 0.239. The largest absolute Gasteiger partial charge is 0.352 e. The summed E-state index contributed by atoms with van der Waals surface area (Å²) in [4.78, 5) is 21.0. The fourth-order valence-corrected chi connectivity index (χ4v) is 3.45. The van der Waals surface area contributed by atoms with Crippen LogP contribution in [-0.2, 0) is 6.54 Å². The summed E-state index contributed by atoms with van der Waals surface area (Å²) in [6, 6.07) is 9.71. The number of nitrogens with one attached hydrogen (secondary N) is 1. The van der Waals surface area contributed by atoms with Crippen molar-refractivity contribution < 1.29 is 4.79 Å². The summed E-state index contributed by atoms with van der Waals surface area (Å²) in [5.41, 5.74) is 2.60. The van der Waals surface area contributed by atoms with Crippen LogP contribution in [0.4, 0.5) is 0 Å². The Bertz CT molecular complexity index is 1100. The molecule has 0 fully saturated rings. The highest BCUT2D eigenvalue weighted by atomic mass is 35.5. The van der Waals surface area contributed by atoms with Gasteiger partial charge in [-0.15, -0.1) is 0 Å². The lowest BCUT2D eigenvalue weighted by Gasteiger charge is -2.08. The third-order valence-electron chi connectivity index (χ3n) is 4.49. The van der Waals surface area contributed by atoms with Crippen molar-refractivity contribution in [2.45, 2.75) is 19.9 Å². The van der Waals surface area contributed by atoms with Crippen molar-refractivity contribution in [2.24, 2.45) is 0 Å². The van der Waals surface area contributed by atoms with Gasteiger partial charge in [-0.05, 0) is 25.5 Å². The van der Waals surface area contributed by atoms with Gasteiger partial charge in [0.1, 0.15) is 0 Å². The molecule has 0 saturated heterocycles. The van der Waals surface area contributed by atoms with Crippen LogP contribution < -0.4 is 5.32 Å². The van der Waals surface area contributed by atoms with E-state index in [1.165, 1.54) is 6.20 Å². The number of para-hydroxylation sites is 1. The molecule has 3 aromatic heterocycles. The number of aryl methyl sites for hydroxylation is 2. The van der Waals surface area contributed by atoms with Crippen LogP contribution >= 0.6 is 11.6 Å². The molecule has 3 heterocycles. The molecule has 28 heavy (non-hydrogen) atoms. The molecule has 0 aliphatic carbocycles. The molecule has 7 nitrogen and oxygen atoms in total. The van der Waals surface area contributed by atoms with Gasteiger partial charge in [0.15, 0.2) is 5.65 Å². The van der Waals surface area contributed by atoms with Crippen molar-refractivity contribution in [3.05, 3.63) is 71.5 Å². The Labute approximate surface area is 167 Å². The van der Waals surface area contributed by atoms with Crippen LogP contribution in [0, 0.1) is 6.92 Å². The second-order valence-corrected chi connectivity index (χ2v) is 6.81. The minimum atomic E-state index is -0.239. The van der Waals surface area contributed by atoms with Gasteiger partial charge in [0.25, 0.3) is 5.91 Å². The van der Waals surface area contributed by atoms with Crippen molar-refractivity contribution in [3.8, 4) is 5.69 Å². The van der Waals surface area contributed by atoms with Crippen molar-refractivity contribution in [1.82, 2.24) is 29.6 Å². The van der Waals surface area contributed by atoms with Gasteiger partial charge in [-0.1, -0.05) is 29.8 Å². The van der Waals surface area contributed by atoms with E-state index < -0.39 is 0 Å². The van der Waals surface area contributed by atoms with Gasteiger partial charge in [-0.25, -0.2) is 14.6 Å². The number of halogens is 1. The molecule has 0 aliphatic rings. The highest BCUT2D eigenvalue weighted by Crippen LogP contribution is 2.29. The maximum Gasteiger partial charge on any atom is 0.254 e. The van der Waals surface area contributed by atoms with Crippen molar-refractivity contribution >= 4 is 28.5 Å². The lowest BCUT2D eigenvalue weighted by molar-refractivity contribution is 0.0952. The molecule has 142 valence electrons. The van der Waals surface area contributed by atoms with Crippen LogP contribution in [0.25, 0.3) is 16.7 Å². The maximum absolute atomic E-state index is 12.6. The number of carbonyl (C=O) groups is 1. The number of pyridine rings is 1. The number of imidazole rings is 1. The van der Waals surface area contributed by atoms with E-state index in [-0.39, 0.29) is 5.91 Å². The van der Waals surface area contributed by atoms with Gasteiger partial charge >= 0.3 is 0 Å². The summed E-state index contributed by atoms with van der Waals surface area (Å²) in [6.07, 6.45) is 7.68. The van der Waals surface area contributed by atoms with Crippen molar-refractivity contribution in [3.63, 3.8) is 0 Å². The van der Waals surface area contributed by atoms with E-state index in [0.717, 1.165) is 24.3 Å². The molecular formula is C20H19ClN6O. The normalized spacial score (nSPS) is 11.1. The molecule has 0 saturated carbocycles. The molecule has 0 atom stereocenters. The zero-order valence-corrected chi connectivity index (χ0v) is 16.1. The number of carbonyl (C=O) groups excluding carboxylic acids is 1. The first kappa shape index (κ1) is 18.2. The number of amides is 1. The summed E-state index contributed by atoms with van der Waals surface area (Å²) >= 11 is 6.57. The second kappa shape index (κ2) is 7.82. The van der Waals surface area contributed by atoms with Gasteiger partial charge in [-0.2, -0.15) is 5.10 Å². The van der Waals surface area contributed by atoms with Crippen molar-refractivity contribution in [1.29, 1.82) is 0 Å². The van der Waals surface area contributed by atoms with Gasteiger partial charge in [0, 0.05) is 31.7 Å². The Morgan fingerprint density at radius 3 is 2.82 bits per heavy atom. The average molecular weight is 395 g/mol. The Morgan fingerprint density at radius 2 is 2.07 bits per heavy atom. The highest BCUT2D eigenvalue weighted by Gasteiger charge is 2.19. The zero-order valence-electron chi connectivity index (χ0n) is 15.3. The molecule has 0 aliphatic heterocycles. The van der Waals surface area contributed by atoms with Crippen LogP contribution in [-0.4, -0.2) is 36.8 Å². The first-order chi connectivity index (χ1) is 13.6. The molecule has 0 bridgehead atoms. The Morgan fingerprint density at radius 1 is 1.25 bits per heavy atom. The van der Waals surface area contributed by atoms with Gasteiger partial charge < -0.3 is 9.88 Å². The molecular weight excluding hydrogens is 376 g/mol. The highest BCUT2D eigenvalue weighted by molar-refractivity contribution is 6.38. The number of rotatable bonds is 6. The summed E-state index contributed by atoms with van der Waals surface area (Å²) in [5, 5.41) is 8.52. The lowest BCUT2D eigenvalue weighted by atomic mass is 10.2. The monoisotopic (exact) mass is 394 g/mol. The fraction of sp³-hybridized carbons (Fsp3) is 0.200. The fourth-order valence-electron chi connectivity index (χ4n) is 3.09. The molecule has 8 heteroatoms. The summed E-state index contributed by atoms with van der Waals surface area (Å²) in [5.74, 6) is -0.239. The van der Waals surface area contributed by atoms with Gasteiger partial charge in [0.05, 0.1) is 33.7 Å². The van der Waals surface area contributed by atoms with Crippen LogP contribution in [0.1, 0.15) is 22.5 Å². The molecule has 4 aromatic rings. The SMILES string of the molecule is Cc1nn(-c2ccccc2)c2ncc(C(=O)NCCCn3ccnc3)c(Cl)c12. The molecule has 0 radical (unpaired) electrons. The first-order valence-corrected chi connectivity index (χ1v) is 9.36. The Kier molecular flexibility index (Phi) is 5.08. The number of hydrogen-bond acceptors (Lipinski definition) is 4. The molecule has 0 unspecified atom stereocenters. The predicted molar refractivity (Wildman–Crippen MR) is 108 cm³/mol. The van der Waals surface area contributed by atoms with E-state index >= 15 is 0 Å². The van der Waals surface area contributed by atoms with Crippen LogP contribution in [0.2, 0.25) is 5.02 Å². The number of hydrogen-bond donors (Lipinski definition) is 1. The summed E-state index contributed by atoms with van der Waals surface area (Å²) in [7, 11) is 0.